The molecule has 0 aliphatic carbocycles. The van der Waals surface area contributed by atoms with E-state index in [9.17, 15) is 14.5 Å². The Balaban J connectivity index is 2.02. The lowest BCUT2D eigenvalue weighted by atomic mass is 10.1. The first-order chi connectivity index (χ1) is 9.06. The van der Waals surface area contributed by atoms with Crippen molar-refractivity contribution in [1.29, 1.82) is 0 Å². The fraction of sp³-hybridized carbons (Fsp3) is 0.250. The number of benzene rings is 1. The number of nitrogens with one attached hydrogen (secondary N) is 1. The van der Waals surface area contributed by atoms with Crippen molar-refractivity contribution in [2.75, 3.05) is 0 Å². The van der Waals surface area contributed by atoms with Crippen LogP contribution in [0, 0.1) is 22.9 Å². The highest BCUT2D eigenvalue weighted by Crippen LogP contribution is 2.19. The molecule has 100 valence electrons. The molecule has 0 fully saturated rings. The summed E-state index contributed by atoms with van der Waals surface area (Å²) in [5, 5.41) is 17.5. The Hall–Kier alpha value is -2.28. The fourth-order valence-electron chi connectivity index (χ4n) is 1.70. The average Bonchev–Trinajstić information content (AvgIpc) is 2.75. The van der Waals surface area contributed by atoms with Crippen LogP contribution in [0.1, 0.15) is 17.0 Å². The van der Waals surface area contributed by atoms with E-state index in [0.29, 0.717) is 23.6 Å². The third kappa shape index (κ3) is 3.35. The molecule has 19 heavy (non-hydrogen) atoms. The number of nitro groups is 1. The quantitative estimate of drug-likeness (QED) is 0.662. The van der Waals surface area contributed by atoms with Crippen LogP contribution in [0.2, 0.25) is 0 Å². The smallest absolute Gasteiger partial charge is 0.274 e. The van der Waals surface area contributed by atoms with Gasteiger partial charge in [-0.25, -0.2) is 4.39 Å². The lowest BCUT2D eigenvalue weighted by Crippen LogP contribution is -2.14. The number of hydrogen-bond acceptors (Lipinski definition) is 5. The first kappa shape index (κ1) is 13.2. The zero-order chi connectivity index (χ0) is 13.8. The molecule has 1 aromatic heterocycles. The van der Waals surface area contributed by atoms with E-state index in [2.05, 4.69) is 10.5 Å². The van der Waals surface area contributed by atoms with Crippen LogP contribution in [0.25, 0.3) is 0 Å². The summed E-state index contributed by atoms with van der Waals surface area (Å²) in [6, 6.07) is 5.14. The van der Waals surface area contributed by atoms with Gasteiger partial charge in [-0.3, -0.25) is 10.1 Å². The maximum absolute atomic E-state index is 13.1. The number of aromatic nitrogens is 1. The highest BCUT2D eigenvalue weighted by atomic mass is 19.1. The first-order valence-electron chi connectivity index (χ1n) is 5.62. The molecule has 0 bridgehead atoms. The lowest BCUT2D eigenvalue weighted by molar-refractivity contribution is -0.385. The Bertz CT molecular complexity index is 598. The molecule has 1 heterocycles. The molecule has 0 radical (unpaired) electrons. The molecule has 1 N–H and O–H groups in total. The van der Waals surface area contributed by atoms with Gasteiger partial charge < -0.3 is 9.84 Å². The number of aryl methyl sites for hydroxylation is 1. The second-order valence-corrected chi connectivity index (χ2v) is 4.06. The molecule has 0 amide bonds. The summed E-state index contributed by atoms with van der Waals surface area (Å²) in [6.45, 7) is 2.35. The molecule has 0 spiro atoms. The van der Waals surface area contributed by atoms with E-state index in [1.807, 2.05) is 0 Å². The first-order valence-corrected chi connectivity index (χ1v) is 5.62. The van der Waals surface area contributed by atoms with Gasteiger partial charge in [0.15, 0.2) is 0 Å². The molecule has 2 aromatic rings. The van der Waals surface area contributed by atoms with Gasteiger partial charge in [0.25, 0.3) is 5.69 Å². The number of nitro benzene ring substituents is 1. The Labute approximate surface area is 108 Å². The molecule has 0 unspecified atom stereocenters. The molecular formula is C12H12FN3O3. The summed E-state index contributed by atoms with van der Waals surface area (Å²) in [5.74, 6) is 0.188. The third-order valence-corrected chi connectivity index (χ3v) is 2.54. The molecule has 6 nitrogen and oxygen atoms in total. The number of halogens is 1. The van der Waals surface area contributed by atoms with Crippen LogP contribution in [-0.4, -0.2) is 10.1 Å². The number of rotatable bonds is 5. The van der Waals surface area contributed by atoms with Gasteiger partial charge in [-0.15, -0.1) is 0 Å². The van der Waals surface area contributed by atoms with Gasteiger partial charge in [0.05, 0.1) is 10.6 Å². The van der Waals surface area contributed by atoms with Gasteiger partial charge in [-0.2, -0.15) is 0 Å². The summed E-state index contributed by atoms with van der Waals surface area (Å²) in [7, 11) is 0. The van der Waals surface area contributed by atoms with E-state index >= 15 is 0 Å². The van der Waals surface area contributed by atoms with Crippen molar-refractivity contribution in [1.82, 2.24) is 10.5 Å². The molecule has 0 aliphatic rings. The summed E-state index contributed by atoms with van der Waals surface area (Å²) in [4.78, 5) is 10.3. The zero-order valence-electron chi connectivity index (χ0n) is 10.2. The summed E-state index contributed by atoms with van der Waals surface area (Å²) >= 11 is 0. The molecule has 0 saturated heterocycles. The van der Waals surface area contributed by atoms with Gasteiger partial charge in [0.2, 0.25) is 0 Å². The predicted molar refractivity (Wildman–Crippen MR) is 64.8 cm³/mol. The van der Waals surface area contributed by atoms with E-state index in [1.165, 1.54) is 0 Å². The Morgan fingerprint density at radius 1 is 1.42 bits per heavy atom. The van der Waals surface area contributed by atoms with Gasteiger partial charge in [-0.05, 0) is 19.1 Å². The normalized spacial score (nSPS) is 10.6. The minimum atomic E-state index is -0.531. The second-order valence-electron chi connectivity index (χ2n) is 4.06. The summed E-state index contributed by atoms with van der Waals surface area (Å²) in [6.07, 6.45) is 0. The minimum Gasteiger partial charge on any atom is -0.361 e. The molecule has 0 atom stereocenters. The van der Waals surface area contributed by atoms with E-state index in [0.717, 1.165) is 18.2 Å². The Morgan fingerprint density at radius 3 is 2.84 bits per heavy atom. The summed E-state index contributed by atoms with van der Waals surface area (Å²) < 4.78 is 18.0. The fourth-order valence-corrected chi connectivity index (χ4v) is 1.70. The van der Waals surface area contributed by atoms with Crippen molar-refractivity contribution in [2.24, 2.45) is 0 Å². The Kier molecular flexibility index (Phi) is 3.86. The lowest BCUT2D eigenvalue weighted by Gasteiger charge is -2.04. The van der Waals surface area contributed by atoms with E-state index in [-0.39, 0.29) is 12.2 Å². The highest BCUT2D eigenvalue weighted by Gasteiger charge is 2.14. The van der Waals surface area contributed by atoms with Crippen LogP contribution < -0.4 is 5.32 Å². The van der Waals surface area contributed by atoms with Crippen LogP contribution in [0.4, 0.5) is 10.1 Å². The monoisotopic (exact) mass is 265 g/mol. The van der Waals surface area contributed by atoms with Crippen LogP contribution in [0.5, 0.6) is 0 Å². The van der Waals surface area contributed by atoms with Crippen LogP contribution in [0.3, 0.4) is 0 Å². The molecule has 0 aliphatic heterocycles. The zero-order valence-corrected chi connectivity index (χ0v) is 10.2. The summed E-state index contributed by atoms with van der Waals surface area (Å²) in [5.41, 5.74) is 0.881. The van der Waals surface area contributed by atoms with Crippen molar-refractivity contribution < 1.29 is 13.8 Å². The largest absolute Gasteiger partial charge is 0.361 e. The third-order valence-electron chi connectivity index (χ3n) is 2.54. The Morgan fingerprint density at radius 2 is 2.21 bits per heavy atom. The molecule has 0 saturated carbocycles. The number of hydrogen-bond donors (Lipinski definition) is 1. The van der Waals surface area contributed by atoms with E-state index in [1.54, 1.807) is 13.0 Å². The van der Waals surface area contributed by atoms with Gasteiger partial charge in [-0.1, -0.05) is 5.16 Å². The number of nitrogens with zero attached hydrogens (tertiary/aromatic N) is 2. The minimum absolute atomic E-state index is 0.106. The standard InChI is InChI=1S/C12H12FN3O3/c1-8-4-11(15-19-8)7-14-6-9-5-10(13)2-3-12(9)16(17)18/h2-5,14H,6-7H2,1H3. The van der Waals surface area contributed by atoms with Gasteiger partial charge in [0, 0.05) is 30.8 Å². The molecule has 7 heteroatoms. The SMILES string of the molecule is Cc1cc(CNCc2cc(F)ccc2[N+](=O)[O-])no1. The topological polar surface area (TPSA) is 81.2 Å². The molecule has 2 rings (SSSR count). The van der Waals surface area contributed by atoms with Crippen molar-refractivity contribution in [3.63, 3.8) is 0 Å². The maximum Gasteiger partial charge on any atom is 0.274 e. The highest BCUT2D eigenvalue weighted by molar-refractivity contribution is 5.40. The van der Waals surface area contributed by atoms with Crippen molar-refractivity contribution in [3.8, 4) is 0 Å². The van der Waals surface area contributed by atoms with Crippen LogP contribution >= 0.6 is 0 Å². The van der Waals surface area contributed by atoms with E-state index in [4.69, 9.17) is 4.52 Å². The maximum atomic E-state index is 13.1. The molecular weight excluding hydrogens is 253 g/mol. The van der Waals surface area contributed by atoms with Crippen LogP contribution in [0.15, 0.2) is 28.8 Å². The average molecular weight is 265 g/mol. The molecule has 1 aromatic carbocycles. The van der Waals surface area contributed by atoms with Crippen molar-refractivity contribution in [3.05, 3.63) is 57.2 Å². The van der Waals surface area contributed by atoms with Gasteiger partial charge >= 0.3 is 0 Å². The van der Waals surface area contributed by atoms with Crippen LogP contribution in [-0.2, 0) is 13.1 Å². The van der Waals surface area contributed by atoms with Crippen molar-refractivity contribution in [2.45, 2.75) is 20.0 Å². The second kappa shape index (κ2) is 5.57. The van der Waals surface area contributed by atoms with Gasteiger partial charge in [0.1, 0.15) is 11.6 Å². The van der Waals surface area contributed by atoms with E-state index < -0.39 is 10.7 Å². The predicted octanol–water partition coefficient (Wildman–Crippen LogP) is 2.32. The van der Waals surface area contributed by atoms with Crippen molar-refractivity contribution >= 4 is 5.69 Å².